The number of carbonyl (C=O) groups is 2. The summed E-state index contributed by atoms with van der Waals surface area (Å²) in [5, 5.41) is 5.01. The number of urea groups is 1. The first-order valence-corrected chi connectivity index (χ1v) is 8.63. The molecule has 3 amide bonds. The van der Waals surface area contributed by atoms with E-state index in [4.69, 9.17) is 0 Å². The van der Waals surface area contributed by atoms with Crippen LogP contribution in [0.5, 0.6) is 0 Å². The molecule has 23 heavy (non-hydrogen) atoms. The molecule has 0 saturated heterocycles. The van der Waals surface area contributed by atoms with Gasteiger partial charge >= 0.3 is 6.03 Å². The van der Waals surface area contributed by atoms with E-state index in [1.165, 1.54) is 5.56 Å². The predicted octanol–water partition coefficient (Wildman–Crippen LogP) is 3.34. The standard InChI is InChI=1S/C18H20N2O2S/c21-17(11-12-23-14-16-9-5-2-6-10-16)20-18(22)19-13-15-7-3-1-4-8-15/h1-10H,11-14H2,(H2,19,20,21,22). The Labute approximate surface area is 140 Å². The lowest BCUT2D eigenvalue weighted by Gasteiger charge is -2.07. The van der Waals surface area contributed by atoms with Crippen molar-refractivity contribution in [2.75, 3.05) is 5.75 Å². The third kappa shape index (κ3) is 7.02. The molecule has 0 bridgehead atoms. The second-order valence-electron chi connectivity index (χ2n) is 5.00. The Morgan fingerprint density at radius 3 is 2.13 bits per heavy atom. The van der Waals surface area contributed by atoms with E-state index >= 15 is 0 Å². The molecule has 0 aliphatic heterocycles. The molecule has 4 nitrogen and oxygen atoms in total. The second kappa shape index (κ2) is 9.69. The van der Waals surface area contributed by atoms with Gasteiger partial charge in [0.1, 0.15) is 0 Å². The zero-order valence-electron chi connectivity index (χ0n) is 12.8. The van der Waals surface area contributed by atoms with Crippen molar-refractivity contribution in [3.8, 4) is 0 Å². The first-order chi connectivity index (χ1) is 11.2. The lowest BCUT2D eigenvalue weighted by molar-refractivity contribution is -0.119. The Hall–Kier alpha value is -2.27. The van der Waals surface area contributed by atoms with Gasteiger partial charge in [-0.3, -0.25) is 10.1 Å². The number of imide groups is 1. The van der Waals surface area contributed by atoms with Gasteiger partial charge in [0.05, 0.1) is 0 Å². The smallest absolute Gasteiger partial charge is 0.321 e. The average Bonchev–Trinajstić information content (AvgIpc) is 2.59. The van der Waals surface area contributed by atoms with E-state index in [2.05, 4.69) is 22.8 Å². The highest BCUT2D eigenvalue weighted by Gasteiger charge is 2.07. The third-order valence-electron chi connectivity index (χ3n) is 3.13. The van der Waals surface area contributed by atoms with Gasteiger partial charge in [-0.2, -0.15) is 11.8 Å². The van der Waals surface area contributed by atoms with Crippen molar-refractivity contribution in [2.45, 2.75) is 18.7 Å². The summed E-state index contributed by atoms with van der Waals surface area (Å²) in [4.78, 5) is 23.3. The number of carbonyl (C=O) groups excluding carboxylic acids is 2. The van der Waals surface area contributed by atoms with Crippen molar-refractivity contribution < 1.29 is 9.59 Å². The molecule has 0 radical (unpaired) electrons. The van der Waals surface area contributed by atoms with Crippen molar-refractivity contribution in [1.82, 2.24) is 10.6 Å². The number of nitrogens with one attached hydrogen (secondary N) is 2. The number of benzene rings is 2. The Morgan fingerprint density at radius 1 is 0.870 bits per heavy atom. The molecule has 2 N–H and O–H groups in total. The van der Waals surface area contributed by atoms with Gasteiger partial charge in [0, 0.05) is 24.5 Å². The highest BCUT2D eigenvalue weighted by molar-refractivity contribution is 7.98. The fourth-order valence-corrected chi connectivity index (χ4v) is 2.84. The maximum absolute atomic E-state index is 11.7. The highest BCUT2D eigenvalue weighted by Crippen LogP contribution is 2.12. The van der Waals surface area contributed by atoms with E-state index < -0.39 is 6.03 Å². The summed E-state index contributed by atoms with van der Waals surface area (Å²) in [6.45, 7) is 0.405. The molecule has 2 aromatic rings. The number of hydrogen-bond donors (Lipinski definition) is 2. The van der Waals surface area contributed by atoms with E-state index in [0.717, 1.165) is 11.3 Å². The Bertz CT molecular complexity index is 617. The number of hydrogen-bond acceptors (Lipinski definition) is 3. The molecule has 0 aromatic heterocycles. The predicted molar refractivity (Wildman–Crippen MR) is 94.0 cm³/mol. The van der Waals surface area contributed by atoms with Gasteiger partial charge < -0.3 is 5.32 Å². The fourth-order valence-electron chi connectivity index (χ4n) is 1.94. The molecule has 2 rings (SSSR count). The van der Waals surface area contributed by atoms with Gasteiger partial charge in [-0.05, 0) is 11.1 Å². The highest BCUT2D eigenvalue weighted by atomic mass is 32.2. The van der Waals surface area contributed by atoms with Crippen LogP contribution in [0.1, 0.15) is 17.5 Å². The summed E-state index contributed by atoms with van der Waals surface area (Å²) in [6.07, 6.45) is 0.330. The molecule has 2 aromatic carbocycles. The van der Waals surface area contributed by atoms with Gasteiger partial charge in [0.15, 0.2) is 0 Å². The number of rotatable bonds is 7. The van der Waals surface area contributed by atoms with Crippen LogP contribution in [-0.2, 0) is 17.1 Å². The molecule has 0 aliphatic carbocycles. The summed E-state index contributed by atoms with van der Waals surface area (Å²) < 4.78 is 0. The minimum atomic E-state index is -0.452. The van der Waals surface area contributed by atoms with Crippen LogP contribution in [-0.4, -0.2) is 17.7 Å². The maximum atomic E-state index is 11.7. The Balaban J connectivity index is 1.58. The Morgan fingerprint density at radius 2 is 1.48 bits per heavy atom. The number of thioether (sulfide) groups is 1. The maximum Gasteiger partial charge on any atom is 0.321 e. The molecule has 0 unspecified atom stereocenters. The Kier molecular flexibility index (Phi) is 7.20. The normalized spacial score (nSPS) is 10.1. The molecule has 120 valence electrons. The van der Waals surface area contributed by atoms with Crippen molar-refractivity contribution in [3.63, 3.8) is 0 Å². The van der Waals surface area contributed by atoms with E-state index in [0.29, 0.717) is 18.7 Å². The van der Waals surface area contributed by atoms with Crippen LogP contribution in [0.4, 0.5) is 4.79 Å². The average molecular weight is 328 g/mol. The summed E-state index contributed by atoms with van der Waals surface area (Å²) in [5.74, 6) is 1.30. The van der Waals surface area contributed by atoms with E-state index in [-0.39, 0.29) is 5.91 Å². The zero-order chi connectivity index (χ0) is 16.3. The van der Waals surface area contributed by atoms with E-state index in [1.54, 1.807) is 11.8 Å². The molecule has 5 heteroatoms. The van der Waals surface area contributed by atoms with E-state index in [9.17, 15) is 9.59 Å². The third-order valence-corrected chi connectivity index (χ3v) is 4.16. The molecule has 0 spiro atoms. The summed E-state index contributed by atoms with van der Waals surface area (Å²) in [5.41, 5.74) is 2.23. The topological polar surface area (TPSA) is 58.2 Å². The molecule has 0 heterocycles. The first-order valence-electron chi connectivity index (χ1n) is 7.47. The molecular weight excluding hydrogens is 308 g/mol. The van der Waals surface area contributed by atoms with Crippen molar-refractivity contribution >= 4 is 23.7 Å². The van der Waals surface area contributed by atoms with Crippen LogP contribution >= 0.6 is 11.8 Å². The summed E-state index contributed by atoms with van der Waals surface area (Å²) in [6, 6.07) is 19.2. The van der Waals surface area contributed by atoms with Crippen LogP contribution in [0.2, 0.25) is 0 Å². The van der Waals surface area contributed by atoms with Crippen LogP contribution in [0.25, 0.3) is 0 Å². The second-order valence-corrected chi connectivity index (χ2v) is 6.11. The van der Waals surface area contributed by atoms with Crippen molar-refractivity contribution in [2.24, 2.45) is 0 Å². The first kappa shape index (κ1) is 17.1. The molecule has 0 atom stereocenters. The van der Waals surface area contributed by atoms with Crippen molar-refractivity contribution in [3.05, 3.63) is 71.8 Å². The molecule has 0 saturated carbocycles. The van der Waals surface area contributed by atoms with E-state index in [1.807, 2.05) is 48.5 Å². The lowest BCUT2D eigenvalue weighted by atomic mass is 10.2. The molecule has 0 aliphatic rings. The minimum Gasteiger partial charge on any atom is -0.334 e. The van der Waals surface area contributed by atoms with Crippen LogP contribution in [0.3, 0.4) is 0 Å². The minimum absolute atomic E-state index is 0.254. The van der Waals surface area contributed by atoms with Gasteiger partial charge in [0.2, 0.25) is 5.91 Å². The number of amides is 3. The van der Waals surface area contributed by atoms with Crippen LogP contribution < -0.4 is 10.6 Å². The van der Waals surface area contributed by atoms with Gasteiger partial charge in [-0.25, -0.2) is 4.79 Å². The van der Waals surface area contributed by atoms with Gasteiger partial charge in [-0.1, -0.05) is 60.7 Å². The van der Waals surface area contributed by atoms with Crippen LogP contribution in [0, 0.1) is 0 Å². The molecular formula is C18H20N2O2S. The lowest BCUT2D eigenvalue weighted by Crippen LogP contribution is -2.39. The monoisotopic (exact) mass is 328 g/mol. The van der Waals surface area contributed by atoms with Gasteiger partial charge in [0.25, 0.3) is 0 Å². The quantitative estimate of drug-likeness (QED) is 0.767. The summed E-state index contributed by atoms with van der Waals surface area (Å²) >= 11 is 1.68. The van der Waals surface area contributed by atoms with Gasteiger partial charge in [-0.15, -0.1) is 0 Å². The summed E-state index contributed by atoms with van der Waals surface area (Å²) in [7, 11) is 0. The SMILES string of the molecule is O=C(CCSCc1ccccc1)NC(=O)NCc1ccccc1. The fraction of sp³-hybridized carbons (Fsp3) is 0.222. The zero-order valence-corrected chi connectivity index (χ0v) is 13.6. The van der Waals surface area contributed by atoms with Crippen LogP contribution in [0.15, 0.2) is 60.7 Å². The molecule has 0 fully saturated rings. The van der Waals surface area contributed by atoms with Crippen molar-refractivity contribution in [1.29, 1.82) is 0 Å². The largest absolute Gasteiger partial charge is 0.334 e.